The standard InChI is InChI=1S/C43H30F2O2/c1-42(2)37-24-28(45)15-19-34(37)39-33-18-14-27(44)23-36(33)41-35(40(39)42)20-21-43(47-41,26-12-16-29(46-3)17-13-26)38-22-25-8-4-5-9-30(25)31-10-6-7-11-32(31)38/h4-24H,1-3H3. The second-order valence-corrected chi connectivity index (χ2v) is 13.1. The minimum Gasteiger partial charge on any atom is -0.497 e. The van der Waals surface area contributed by atoms with Crippen LogP contribution in [-0.2, 0) is 11.0 Å². The molecule has 1 aliphatic heterocycles. The Balaban J connectivity index is 1.40. The Kier molecular flexibility index (Phi) is 5.77. The van der Waals surface area contributed by atoms with Gasteiger partial charge in [0.25, 0.3) is 0 Å². The van der Waals surface area contributed by atoms with Crippen LogP contribution < -0.4 is 9.47 Å². The second-order valence-electron chi connectivity index (χ2n) is 13.1. The highest BCUT2D eigenvalue weighted by atomic mass is 19.1. The molecule has 0 spiro atoms. The van der Waals surface area contributed by atoms with Gasteiger partial charge in [0.2, 0.25) is 0 Å². The molecule has 0 fully saturated rings. The average Bonchev–Trinajstić information content (AvgIpc) is 3.33. The Morgan fingerprint density at radius 1 is 0.638 bits per heavy atom. The van der Waals surface area contributed by atoms with Gasteiger partial charge in [0.1, 0.15) is 23.1 Å². The zero-order chi connectivity index (χ0) is 32.1. The minimum absolute atomic E-state index is 0.276. The van der Waals surface area contributed by atoms with Crippen molar-refractivity contribution in [3.05, 3.63) is 161 Å². The van der Waals surface area contributed by atoms with Crippen LogP contribution in [0.3, 0.4) is 0 Å². The van der Waals surface area contributed by atoms with Gasteiger partial charge < -0.3 is 9.47 Å². The molecule has 2 nitrogen and oxygen atoms in total. The molecular weight excluding hydrogens is 586 g/mol. The maximum atomic E-state index is 15.2. The Labute approximate surface area is 271 Å². The molecule has 0 radical (unpaired) electrons. The van der Waals surface area contributed by atoms with Gasteiger partial charge in [0, 0.05) is 27.5 Å². The molecule has 1 atom stereocenters. The first-order valence-electron chi connectivity index (χ1n) is 15.8. The number of benzene rings is 7. The Morgan fingerprint density at radius 3 is 2.13 bits per heavy atom. The molecular formula is C43H30F2O2. The van der Waals surface area contributed by atoms with Gasteiger partial charge in [0.15, 0.2) is 5.60 Å². The van der Waals surface area contributed by atoms with Gasteiger partial charge in [-0.05, 0) is 97.7 Å². The van der Waals surface area contributed by atoms with E-state index in [4.69, 9.17) is 9.47 Å². The molecule has 7 aromatic carbocycles. The van der Waals surface area contributed by atoms with Gasteiger partial charge in [-0.2, -0.15) is 0 Å². The maximum Gasteiger partial charge on any atom is 0.178 e. The van der Waals surface area contributed by atoms with E-state index in [-0.39, 0.29) is 11.6 Å². The number of ether oxygens (including phenoxy) is 2. The summed E-state index contributed by atoms with van der Waals surface area (Å²) in [4.78, 5) is 0. The molecule has 0 saturated heterocycles. The fourth-order valence-electron chi connectivity index (χ4n) is 8.09. The SMILES string of the molecule is COc1ccc(C2(c3cc4ccccc4c4ccccc34)C=Cc3c4c(c5ccc(F)cc5c3O2)-c2ccc(F)cc2C4(C)C)cc1. The lowest BCUT2D eigenvalue weighted by Crippen LogP contribution is -2.35. The molecule has 0 amide bonds. The van der Waals surface area contributed by atoms with Gasteiger partial charge in [0.05, 0.1) is 7.11 Å². The molecule has 1 heterocycles. The van der Waals surface area contributed by atoms with Crippen LogP contribution in [0.1, 0.15) is 41.7 Å². The van der Waals surface area contributed by atoms with Crippen molar-refractivity contribution in [1.82, 2.24) is 0 Å². The lowest BCUT2D eigenvalue weighted by Gasteiger charge is -2.39. The highest BCUT2D eigenvalue weighted by molar-refractivity contribution is 6.11. The summed E-state index contributed by atoms with van der Waals surface area (Å²) in [6.07, 6.45) is 4.28. The zero-order valence-electron chi connectivity index (χ0n) is 26.2. The molecule has 9 rings (SSSR count). The van der Waals surface area contributed by atoms with E-state index in [2.05, 4.69) is 80.6 Å². The van der Waals surface area contributed by atoms with E-state index in [0.29, 0.717) is 11.1 Å². The third-order valence-corrected chi connectivity index (χ3v) is 10.2. The van der Waals surface area contributed by atoms with Crippen molar-refractivity contribution in [2.75, 3.05) is 7.11 Å². The second kappa shape index (κ2) is 9.76. The molecule has 0 saturated carbocycles. The van der Waals surface area contributed by atoms with E-state index in [1.54, 1.807) is 19.2 Å². The van der Waals surface area contributed by atoms with Crippen molar-refractivity contribution in [3.63, 3.8) is 0 Å². The van der Waals surface area contributed by atoms with Crippen LogP contribution in [-0.4, -0.2) is 7.11 Å². The third kappa shape index (κ3) is 3.82. The first-order chi connectivity index (χ1) is 22.8. The van der Waals surface area contributed by atoms with Gasteiger partial charge in [-0.1, -0.05) is 92.7 Å². The summed E-state index contributed by atoms with van der Waals surface area (Å²) in [5.74, 6) is 0.725. The number of halogens is 2. The molecule has 1 unspecified atom stereocenters. The van der Waals surface area contributed by atoms with E-state index in [1.807, 2.05) is 36.4 Å². The summed E-state index contributed by atoms with van der Waals surface area (Å²) in [5, 5.41) is 6.00. The van der Waals surface area contributed by atoms with Gasteiger partial charge in [-0.25, -0.2) is 8.78 Å². The van der Waals surface area contributed by atoms with Crippen molar-refractivity contribution < 1.29 is 18.3 Å². The number of rotatable bonds is 3. The van der Waals surface area contributed by atoms with Crippen LogP contribution in [0.25, 0.3) is 49.5 Å². The summed E-state index contributed by atoms with van der Waals surface area (Å²) in [6.45, 7) is 4.26. The largest absolute Gasteiger partial charge is 0.497 e. The monoisotopic (exact) mass is 616 g/mol. The lowest BCUT2D eigenvalue weighted by atomic mass is 9.76. The van der Waals surface area contributed by atoms with Gasteiger partial charge >= 0.3 is 0 Å². The zero-order valence-corrected chi connectivity index (χ0v) is 26.2. The summed E-state index contributed by atoms with van der Waals surface area (Å²) < 4.78 is 42.9. The number of hydrogen-bond acceptors (Lipinski definition) is 2. The Bertz CT molecular complexity index is 2470. The summed E-state index contributed by atoms with van der Waals surface area (Å²) in [5.41, 5.74) is 5.10. The molecule has 7 aromatic rings. The van der Waals surface area contributed by atoms with E-state index in [9.17, 15) is 4.39 Å². The van der Waals surface area contributed by atoms with Crippen LogP contribution in [0.4, 0.5) is 8.78 Å². The number of hydrogen-bond donors (Lipinski definition) is 0. The molecule has 0 N–H and O–H groups in total. The molecule has 0 aromatic heterocycles. The van der Waals surface area contributed by atoms with Crippen LogP contribution >= 0.6 is 0 Å². The van der Waals surface area contributed by atoms with E-state index < -0.39 is 11.0 Å². The molecule has 4 heteroatoms. The Morgan fingerprint density at radius 2 is 1.34 bits per heavy atom. The normalized spacial score (nSPS) is 17.4. The van der Waals surface area contributed by atoms with Crippen LogP contribution in [0.15, 0.2) is 121 Å². The fraction of sp³-hybridized carbons (Fsp3) is 0.116. The van der Waals surface area contributed by atoms with Crippen LogP contribution in [0.2, 0.25) is 0 Å². The van der Waals surface area contributed by atoms with E-state index in [1.165, 1.54) is 12.1 Å². The number of methoxy groups -OCH3 is 1. The molecule has 2 aliphatic rings. The minimum atomic E-state index is -1.07. The smallest absolute Gasteiger partial charge is 0.178 e. The van der Waals surface area contributed by atoms with Crippen molar-refractivity contribution in [3.8, 4) is 22.6 Å². The average molecular weight is 617 g/mol. The first-order valence-corrected chi connectivity index (χ1v) is 15.8. The molecule has 228 valence electrons. The van der Waals surface area contributed by atoms with Crippen molar-refractivity contribution >= 4 is 38.4 Å². The predicted molar refractivity (Wildman–Crippen MR) is 186 cm³/mol. The quantitative estimate of drug-likeness (QED) is 0.184. The summed E-state index contributed by atoms with van der Waals surface area (Å²) >= 11 is 0. The van der Waals surface area contributed by atoms with E-state index >= 15 is 4.39 Å². The Hall–Kier alpha value is -5.48. The fourth-order valence-corrected chi connectivity index (χ4v) is 8.09. The molecule has 1 aliphatic carbocycles. The van der Waals surface area contributed by atoms with Crippen molar-refractivity contribution in [2.45, 2.75) is 24.9 Å². The van der Waals surface area contributed by atoms with Gasteiger partial charge in [-0.3, -0.25) is 0 Å². The highest BCUT2D eigenvalue weighted by Gasteiger charge is 2.45. The molecule has 0 bridgehead atoms. The van der Waals surface area contributed by atoms with Crippen LogP contribution in [0.5, 0.6) is 11.5 Å². The van der Waals surface area contributed by atoms with Crippen LogP contribution in [0, 0.1) is 11.6 Å². The van der Waals surface area contributed by atoms with Gasteiger partial charge in [-0.15, -0.1) is 0 Å². The summed E-state index contributed by atoms with van der Waals surface area (Å²) in [6, 6.07) is 36.9. The maximum absolute atomic E-state index is 15.2. The highest BCUT2D eigenvalue weighted by Crippen LogP contribution is 2.58. The third-order valence-electron chi connectivity index (χ3n) is 10.2. The lowest BCUT2D eigenvalue weighted by molar-refractivity contribution is 0.165. The predicted octanol–water partition coefficient (Wildman–Crippen LogP) is 11.1. The van der Waals surface area contributed by atoms with Crippen molar-refractivity contribution in [1.29, 1.82) is 0 Å². The first kappa shape index (κ1) is 27.8. The molecule has 47 heavy (non-hydrogen) atoms. The topological polar surface area (TPSA) is 18.5 Å². The van der Waals surface area contributed by atoms with E-state index in [0.717, 1.165) is 71.6 Å². The summed E-state index contributed by atoms with van der Waals surface area (Å²) in [7, 11) is 1.65. The van der Waals surface area contributed by atoms with Crippen molar-refractivity contribution in [2.24, 2.45) is 0 Å². The number of fused-ring (bicyclic) bond motifs is 11.